The third-order valence-electron chi connectivity index (χ3n) is 4.92. The third kappa shape index (κ3) is 5.22. The number of nitrogens with zero attached hydrogens (tertiary/aromatic N) is 2. The number of carbonyl (C=O) groups excluding carboxylic acids is 1. The van der Waals surface area contributed by atoms with E-state index in [1.807, 2.05) is 38.1 Å². The molecular weight excluding hydrogens is 390 g/mol. The number of hydrogen-bond acceptors (Lipinski definition) is 4. The number of benzene rings is 2. The maximum atomic E-state index is 12.5. The largest absolute Gasteiger partial charge is 0.485 e. The van der Waals surface area contributed by atoms with Gasteiger partial charge >= 0.3 is 0 Å². The van der Waals surface area contributed by atoms with Gasteiger partial charge in [0.2, 0.25) is 0 Å². The lowest BCUT2D eigenvalue weighted by atomic mass is 10.1. The van der Waals surface area contributed by atoms with Crippen molar-refractivity contribution < 1.29 is 13.9 Å². The van der Waals surface area contributed by atoms with E-state index >= 15 is 0 Å². The van der Waals surface area contributed by atoms with E-state index in [2.05, 4.69) is 35.5 Å². The molecule has 0 saturated carbocycles. The van der Waals surface area contributed by atoms with Crippen LogP contribution in [0.4, 0.5) is 5.69 Å². The summed E-state index contributed by atoms with van der Waals surface area (Å²) in [5.41, 5.74) is 5.15. The van der Waals surface area contributed by atoms with Crippen LogP contribution in [-0.4, -0.2) is 15.7 Å². The molecule has 158 valence electrons. The van der Waals surface area contributed by atoms with Crippen LogP contribution >= 0.6 is 0 Å². The molecule has 0 atom stereocenters. The van der Waals surface area contributed by atoms with Gasteiger partial charge in [-0.2, -0.15) is 5.10 Å². The van der Waals surface area contributed by atoms with E-state index in [-0.39, 0.29) is 18.3 Å². The maximum absolute atomic E-state index is 12.5. The van der Waals surface area contributed by atoms with Gasteiger partial charge in [-0.05, 0) is 55.7 Å². The average molecular weight is 415 g/mol. The number of nitrogens with one attached hydrogen (secondary N) is 1. The molecule has 1 N–H and O–H groups in total. The van der Waals surface area contributed by atoms with E-state index in [9.17, 15) is 4.79 Å². The number of aromatic nitrogens is 2. The normalized spacial score (nSPS) is 10.8. The lowest BCUT2D eigenvalue weighted by Crippen LogP contribution is -2.10. The van der Waals surface area contributed by atoms with Crippen LogP contribution in [0, 0.1) is 20.8 Å². The summed E-state index contributed by atoms with van der Waals surface area (Å²) in [6, 6.07) is 17.7. The van der Waals surface area contributed by atoms with Crippen molar-refractivity contribution >= 4 is 11.6 Å². The smallest absolute Gasteiger partial charge is 0.291 e. The van der Waals surface area contributed by atoms with Gasteiger partial charge < -0.3 is 14.5 Å². The molecule has 0 radical (unpaired) electrons. The van der Waals surface area contributed by atoms with Crippen molar-refractivity contribution in [1.29, 1.82) is 0 Å². The SMILES string of the molecule is Cc1cccc(Cn2cc(NC(=O)c3ccc(COc4cc(C)ccc4C)o3)cn2)c1. The quantitative estimate of drug-likeness (QED) is 0.446. The van der Waals surface area contributed by atoms with Crippen LogP contribution in [0.1, 0.15) is 38.6 Å². The molecule has 0 unspecified atom stereocenters. The minimum atomic E-state index is -0.326. The lowest BCUT2D eigenvalue weighted by molar-refractivity contribution is 0.0992. The van der Waals surface area contributed by atoms with Crippen molar-refractivity contribution in [2.75, 3.05) is 5.32 Å². The van der Waals surface area contributed by atoms with Crippen LogP contribution in [-0.2, 0) is 13.2 Å². The van der Waals surface area contributed by atoms with Crippen molar-refractivity contribution in [2.24, 2.45) is 0 Å². The number of rotatable bonds is 7. The fourth-order valence-corrected chi connectivity index (χ4v) is 3.29. The van der Waals surface area contributed by atoms with Crippen LogP contribution in [0.2, 0.25) is 0 Å². The monoisotopic (exact) mass is 415 g/mol. The van der Waals surface area contributed by atoms with Gasteiger partial charge in [0.15, 0.2) is 5.76 Å². The molecule has 0 saturated heterocycles. The fourth-order valence-electron chi connectivity index (χ4n) is 3.29. The number of aryl methyl sites for hydroxylation is 3. The summed E-state index contributed by atoms with van der Waals surface area (Å²) in [4.78, 5) is 12.5. The Morgan fingerprint density at radius 2 is 1.90 bits per heavy atom. The minimum absolute atomic E-state index is 0.228. The zero-order chi connectivity index (χ0) is 21.8. The average Bonchev–Trinajstić information content (AvgIpc) is 3.38. The second-order valence-electron chi connectivity index (χ2n) is 7.69. The molecule has 0 aliphatic heterocycles. The topological polar surface area (TPSA) is 69.3 Å². The van der Waals surface area contributed by atoms with Crippen LogP contribution < -0.4 is 10.1 Å². The summed E-state index contributed by atoms with van der Waals surface area (Å²) in [7, 11) is 0. The van der Waals surface area contributed by atoms with Crippen LogP contribution in [0.15, 0.2) is 71.4 Å². The summed E-state index contributed by atoms with van der Waals surface area (Å²) in [6.45, 7) is 6.96. The van der Waals surface area contributed by atoms with Gasteiger partial charge in [0.1, 0.15) is 18.1 Å². The van der Waals surface area contributed by atoms with Gasteiger partial charge in [-0.1, -0.05) is 42.0 Å². The van der Waals surface area contributed by atoms with Crippen LogP contribution in [0.25, 0.3) is 0 Å². The zero-order valence-corrected chi connectivity index (χ0v) is 17.9. The van der Waals surface area contributed by atoms with Crippen molar-refractivity contribution in [3.63, 3.8) is 0 Å². The summed E-state index contributed by atoms with van der Waals surface area (Å²) < 4.78 is 13.3. The Kier molecular flexibility index (Phi) is 5.89. The molecule has 0 aliphatic carbocycles. The maximum Gasteiger partial charge on any atom is 0.291 e. The second-order valence-corrected chi connectivity index (χ2v) is 7.69. The first-order valence-corrected chi connectivity index (χ1v) is 10.1. The molecule has 2 aromatic carbocycles. The Morgan fingerprint density at radius 3 is 2.74 bits per heavy atom. The van der Waals surface area contributed by atoms with Gasteiger partial charge in [0.05, 0.1) is 18.4 Å². The highest BCUT2D eigenvalue weighted by Crippen LogP contribution is 2.21. The molecule has 0 spiro atoms. The predicted molar refractivity (Wildman–Crippen MR) is 119 cm³/mol. The summed E-state index contributed by atoms with van der Waals surface area (Å²) in [6.07, 6.45) is 3.43. The molecule has 1 amide bonds. The van der Waals surface area contributed by atoms with Crippen LogP contribution in [0.3, 0.4) is 0 Å². The first-order valence-electron chi connectivity index (χ1n) is 10.1. The Labute approximate surface area is 181 Å². The van der Waals surface area contributed by atoms with Gasteiger partial charge in [-0.25, -0.2) is 0 Å². The van der Waals surface area contributed by atoms with Crippen molar-refractivity contribution in [3.05, 3.63) is 101 Å². The van der Waals surface area contributed by atoms with Crippen LogP contribution in [0.5, 0.6) is 5.75 Å². The highest BCUT2D eigenvalue weighted by molar-refractivity contribution is 6.02. The number of carbonyl (C=O) groups is 1. The Bertz CT molecular complexity index is 1210. The van der Waals surface area contributed by atoms with Gasteiger partial charge in [-0.3, -0.25) is 9.48 Å². The highest BCUT2D eigenvalue weighted by Gasteiger charge is 2.13. The van der Waals surface area contributed by atoms with Crippen molar-refractivity contribution in [3.8, 4) is 5.75 Å². The number of anilines is 1. The molecular formula is C25H25N3O3. The molecule has 4 rings (SSSR count). The number of hydrogen-bond donors (Lipinski definition) is 1. The Hall–Kier alpha value is -3.80. The molecule has 0 aliphatic rings. The number of amides is 1. The van der Waals surface area contributed by atoms with Gasteiger partial charge in [-0.15, -0.1) is 0 Å². The second kappa shape index (κ2) is 8.92. The van der Waals surface area contributed by atoms with E-state index in [1.165, 1.54) is 5.56 Å². The number of furan rings is 1. The van der Waals surface area contributed by atoms with E-state index < -0.39 is 0 Å². The Morgan fingerprint density at radius 1 is 1.06 bits per heavy atom. The van der Waals surface area contributed by atoms with Crippen molar-refractivity contribution in [1.82, 2.24) is 9.78 Å². The summed E-state index contributed by atoms with van der Waals surface area (Å²) >= 11 is 0. The number of ether oxygens (including phenoxy) is 1. The Balaban J connectivity index is 1.35. The molecule has 4 aromatic rings. The summed E-state index contributed by atoms with van der Waals surface area (Å²) in [5.74, 6) is 1.30. The summed E-state index contributed by atoms with van der Waals surface area (Å²) in [5, 5.41) is 7.15. The van der Waals surface area contributed by atoms with E-state index in [4.69, 9.17) is 9.15 Å². The fraction of sp³-hybridized carbons (Fsp3) is 0.200. The van der Waals surface area contributed by atoms with Crippen molar-refractivity contribution in [2.45, 2.75) is 33.9 Å². The van der Waals surface area contributed by atoms with E-state index in [1.54, 1.807) is 29.2 Å². The van der Waals surface area contributed by atoms with Gasteiger partial charge in [0.25, 0.3) is 5.91 Å². The lowest BCUT2D eigenvalue weighted by Gasteiger charge is -2.08. The minimum Gasteiger partial charge on any atom is -0.485 e. The molecule has 2 heterocycles. The first kappa shape index (κ1) is 20.5. The standard InChI is InChI=1S/C25H25N3O3/c1-17-5-4-6-20(11-17)14-28-15-21(13-26-28)27-25(29)23-10-9-22(31-23)16-30-24-12-18(2)7-8-19(24)3/h4-13,15H,14,16H2,1-3H3,(H,27,29). The zero-order valence-electron chi connectivity index (χ0n) is 17.9. The van der Waals surface area contributed by atoms with E-state index in [0.717, 1.165) is 22.4 Å². The van der Waals surface area contributed by atoms with Gasteiger partial charge in [0, 0.05) is 6.20 Å². The first-order chi connectivity index (χ1) is 15.0. The molecule has 0 fully saturated rings. The van der Waals surface area contributed by atoms with E-state index in [0.29, 0.717) is 18.0 Å². The molecule has 6 heteroatoms. The molecule has 2 aromatic heterocycles. The molecule has 31 heavy (non-hydrogen) atoms. The highest BCUT2D eigenvalue weighted by atomic mass is 16.5. The molecule has 6 nitrogen and oxygen atoms in total. The third-order valence-corrected chi connectivity index (χ3v) is 4.92. The molecule has 0 bridgehead atoms. The predicted octanol–water partition coefficient (Wildman–Crippen LogP) is 5.28.